The molecule has 0 bridgehead atoms. The molecule has 4 nitrogen and oxygen atoms in total. The zero-order chi connectivity index (χ0) is 20.7. The molecule has 0 aliphatic carbocycles. The molecular weight excluding hydrogens is 399 g/mol. The normalized spacial score (nSPS) is 11.9. The zero-order valence-corrected chi connectivity index (χ0v) is 17.7. The second kappa shape index (κ2) is 10.5. The van der Waals surface area contributed by atoms with Gasteiger partial charge < -0.3 is 10.2 Å². The monoisotopic (exact) mass is 422 g/mol. The first-order chi connectivity index (χ1) is 13.3. The zero-order valence-electron chi connectivity index (χ0n) is 16.1. The lowest BCUT2D eigenvalue weighted by Gasteiger charge is -2.29. The van der Waals surface area contributed by atoms with Gasteiger partial charge in [-0.2, -0.15) is 0 Å². The van der Waals surface area contributed by atoms with Crippen LogP contribution in [0.3, 0.4) is 0 Å². The van der Waals surface area contributed by atoms with Gasteiger partial charge in [0.2, 0.25) is 11.8 Å². The molecular formula is C21H24ClFN2O2S. The fraction of sp³-hybridized carbons (Fsp3) is 0.333. The van der Waals surface area contributed by atoms with Crippen LogP contribution in [0.25, 0.3) is 0 Å². The quantitative estimate of drug-likeness (QED) is 0.636. The van der Waals surface area contributed by atoms with E-state index < -0.39 is 11.9 Å². The molecule has 1 N–H and O–H groups in total. The van der Waals surface area contributed by atoms with Crippen molar-refractivity contribution < 1.29 is 14.0 Å². The first-order valence-corrected chi connectivity index (χ1v) is 10.4. The number of carbonyl (C=O) groups excluding carboxylic acids is 2. The molecule has 0 aromatic heterocycles. The van der Waals surface area contributed by atoms with Crippen LogP contribution < -0.4 is 5.32 Å². The second-order valence-corrected chi connectivity index (χ2v) is 8.18. The number of nitrogens with zero attached hydrogens (tertiary/aromatic N) is 1. The van der Waals surface area contributed by atoms with Gasteiger partial charge in [-0.3, -0.25) is 9.59 Å². The lowest BCUT2D eigenvalue weighted by atomic mass is 10.1. The Labute approximate surface area is 174 Å². The molecule has 1 atom stereocenters. The van der Waals surface area contributed by atoms with E-state index in [0.29, 0.717) is 10.6 Å². The highest BCUT2D eigenvalue weighted by atomic mass is 35.5. The van der Waals surface area contributed by atoms with Gasteiger partial charge in [0.25, 0.3) is 0 Å². The molecule has 2 rings (SSSR count). The predicted molar refractivity (Wildman–Crippen MR) is 112 cm³/mol. The van der Waals surface area contributed by atoms with Gasteiger partial charge in [0.15, 0.2) is 0 Å². The first-order valence-electron chi connectivity index (χ1n) is 8.99. The number of halogens is 2. The summed E-state index contributed by atoms with van der Waals surface area (Å²) in [6.45, 7) is 5.39. The standard InChI is InChI=1S/C21H24ClFN2O2S/c1-14(2)24-21(27)15(3)25(12-16-6-4-5-7-19(16)23)20(26)13-28-18-10-8-17(22)9-11-18/h4-11,14-15H,12-13H2,1-3H3,(H,24,27)/t15-/m0/s1. The van der Waals surface area contributed by atoms with Gasteiger partial charge in [-0.25, -0.2) is 4.39 Å². The van der Waals surface area contributed by atoms with Gasteiger partial charge in [0.05, 0.1) is 5.75 Å². The third-order valence-electron chi connectivity index (χ3n) is 4.07. The van der Waals surface area contributed by atoms with E-state index >= 15 is 0 Å². The van der Waals surface area contributed by atoms with Crippen LogP contribution in [0.4, 0.5) is 4.39 Å². The Morgan fingerprint density at radius 3 is 2.36 bits per heavy atom. The van der Waals surface area contributed by atoms with Gasteiger partial charge >= 0.3 is 0 Å². The molecule has 0 fully saturated rings. The molecule has 0 radical (unpaired) electrons. The van der Waals surface area contributed by atoms with Crippen LogP contribution in [0.1, 0.15) is 26.3 Å². The summed E-state index contributed by atoms with van der Waals surface area (Å²) in [6.07, 6.45) is 0. The molecule has 2 aromatic carbocycles. The van der Waals surface area contributed by atoms with Crippen molar-refractivity contribution in [3.05, 3.63) is 64.9 Å². The predicted octanol–water partition coefficient (Wildman–Crippen LogP) is 4.51. The lowest BCUT2D eigenvalue weighted by Crippen LogP contribution is -2.49. The molecule has 0 unspecified atom stereocenters. The maximum Gasteiger partial charge on any atom is 0.242 e. The highest BCUT2D eigenvalue weighted by molar-refractivity contribution is 8.00. The number of amides is 2. The minimum atomic E-state index is -0.722. The minimum absolute atomic E-state index is 0.0271. The largest absolute Gasteiger partial charge is 0.352 e. The summed E-state index contributed by atoms with van der Waals surface area (Å²) in [5, 5.41) is 3.43. The lowest BCUT2D eigenvalue weighted by molar-refractivity contribution is -0.138. The van der Waals surface area contributed by atoms with Crippen LogP contribution in [-0.2, 0) is 16.1 Å². The fourth-order valence-electron chi connectivity index (χ4n) is 2.56. The summed E-state index contributed by atoms with van der Waals surface area (Å²) in [5.74, 6) is -0.775. The Kier molecular flexibility index (Phi) is 8.33. The van der Waals surface area contributed by atoms with E-state index in [9.17, 15) is 14.0 Å². The average molecular weight is 423 g/mol. The van der Waals surface area contributed by atoms with Crippen molar-refractivity contribution in [1.82, 2.24) is 10.2 Å². The molecule has 150 valence electrons. The van der Waals surface area contributed by atoms with Crippen molar-refractivity contribution in [3.63, 3.8) is 0 Å². The van der Waals surface area contributed by atoms with Crippen LogP contribution in [0.5, 0.6) is 0 Å². The molecule has 2 aromatic rings. The summed E-state index contributed by atoms with van der Waals surface area (Å²) < 4.78 is 14.1. The Hall–Kier alpha value is -2.05. The number of nitrogens with one attached hydrogen (secondary N) is 1. The number of rotatable bonds is 8. The van der Waals surface area contributed by atoms with Crippen LogP contribution >= 0.6 is 23.4 Å². The maximum absolute atomic E-state index is 14.1. The molecule has 0 saturated heterocycles. The molecule has 0 aliphatic rings. The smallest absolute Gasteiger partial charge is 0.242 e. The van der Waals surface area contributed by atoms with E-state index in [1.165, 1.54) is 22.7 Å². The number of hydrogen-bond donors (Lipinski definition) is 1. The molecule has 2 amide bonds. The summed E-state index contributed by atoms with van der Waals surface area (Å²) in [6, 6.07) is 12.7. The molecule has 0 spiro atoms. The van der Waals surface area contributed by atoms with Crippen LogP contribution in [0.2, 0.25) is 5.02 Å². The first kappa shape index (κ1) is 22.2. The van der Waals surface area contributed by atoms with E-state index in [2.05, 4.69) is 5.32 Å². The second-order valence-electron chi connectivity index (χ2n) is 6.69. The average Bonchev–Trinajstić information content (AvgIpc) is 2.65. The van der Waals surface area contributed by atoms with Crippen LogP contribution in [-0.4, -0.2) is 34.6 Å². The van der Waals surface area contributed by atoms with E-state index in [4.69, 9.17) is 11.6 Å². The van der Waals surface area contributed by atoms with Gasteiger partial charge in [-0.05, 0) is 51.1 Å². The molecule has 7 heteroatoms. The van der Waals surface area contributed by atoms with Crippen LogP contribution in [0.15, 0.2) is 53.4 Å². The third kappa shape index (κ3) is 6.53. The van der Waals surface area contributed by atoms with Crippen molar-refractivity contribution in [1.29, 1.82) is 0 Å². The minimum Gasteiger partial charge on any atom is -0.352 e. The highest BCUT2D eigenvalue weighted by Gasteiger charge is 2.27. The van der Waals surface area contributed by atoms with Crippen molar-refractivity contribution in [2.45, 2.75) is 44.3 Å². The fourth-order valence-corrected chi connectivity index (χ4v) is 3.47. The molecule has 0 saturated carbocycles. The molecule has 28 heavy (non-hydrogen) atoms. The Morgan fingerprint density at radius 1 is 1.11 bits per heavy atom. The van der Waals surface area contributed by atoms with Crippen molar-refractivity contribution in [2.24, 2.45) is 0 Å². The number of hydrogen-bond acceptors (Lipinski definition) is 3. The third-order valence-corrected chi connectivity index (χ3v) is 5.32. The van der Waals surface area contributed by atoms with Gasteiger partial charge in [-0.1, -0.05) is 29.8 Å². The molecule has 0 aliphatic heterocycles. The van der Waals surface area contributed by atoms with Gasteiger partial charge in [0.1, 0.15) is 11.9 Å². The number of benzene rings is 2. The van der Waals surface area contributed by atoms with Gasteiger partial charge in [-0.15, -0.1) is 11.8 Å². The topological polar surface area (TPSA) is 49.4 Å². The van der Waals surface area contributed by atoms with Crippen molar-refractivity contribution in [2.75, 3.05) is 5.75 Å². The maximum atomic E-state index is 14.1. The molecule has 0 heterocycles. The Morgan fingerprint density at radius 2 is 1.75 bits per heavy atom. The Balaban J connectivity index is 2.15. The van der Waals surface area contributed by atoms with Crippen LogP contribution in [0, 0.1) is 5.82 Å². The number of thioether (sulfide) groups is 1. The summed E-state index contributed by atoms with van der Waals surface area (Å²) in [7, 11) is 0. The Bertz CT molecular complexity index is 814. The van der Waals surface area contributed by atoms with Crippen molar-refractivity contribution >= 4 is 35.2 Å². The summed E-state index contributed by atoms with van der Waals surface area (Å²) in [5.41, 5.74) is 0.372. The highest BCUT2D eigenvalue weighted by Crippen LogP contribution is 2.22. The van der Waals surface area contributed by atoms with E-state index in [1.54, 1.807) is 37.3 Å². The summed E-state index contributed by atoms with van der Waals surface area (Å²) >= 11 is 7.23. The van der Waals surface area contributed by atoms with E-state index in [-0.39, 0.29) is 30.2 Å². The van der Waals surface area contributed by atoms with E-state index in [1.807, 2.05) is 26.0 Å². The summed E-state index contributed by atoms with van der Waals surface area (Å²) in [4.78, 5) is 27.7. The number of carbonyl (C=O) groups is 2. The van der Waals surface area contributed by atoms with Crippen molar-refractivity contribution in [3.8, 4) is 0 Å². The van der Waals surface area contributed by atoms with Gasteiger partial charge in [0, 0.05) is 28.1 Å². The van der Waals surface area contributed by atoms with E-state index in [0.717, 1.165) is 4.90 Å². The SMILES string of the molecule is CC(C)NC(=O)[C@H](C)N(Cc1ccccc1F)C(=O)CSc1ccc(Cl)cc1.